The van der Waals surface area contributed by atoms with Crippen molar-refractivity contribution in [2.75, 3.05) is 19.7 Å². The summed E-state index contributed by atoms with van der Waals surface area (Å²) in [5.41, 5.74) is 0. The minimum absolute atomic E-state index is 0.0301. The first kappa shape index (κ1) is 10.9. The van der Waals surface area contributed by atoms with Crippen LogP contribution in [0.4, 0.5) is 0 Å². The highest BCUT2D eigenvalue weighted by Crippen LogP contribution is 2.18. The summed E-state index contributed by atoms with van der Waals surface area (Å²) in [4.78, 5) is 13.2. The van der Waals surface area contributed by atoms with Gasteiger partial charge in [-0.05, 0) is 12.8 Å². The average Bonchev–Trinajstić information content (AvgIpc) is 2.78. The summed E-state index contributed by atoms with van der Waals surface area (Å²) in [6.07, 6.45) is 0.775. The molecule has 86 valence electrons. The Morgan fingerprint density at radius 3 is 2.53 bits per heavy atom. The van der Waals surface area contributed by atoms with Crippen LogP contribution in [0.25, 0.3) is 0 Å². The molecule has 5 nitrogen and oxygen atoms in total. The molecule has 0 aromatic heterocycles. The summed E-state index contributed by atoms with van der Waals surface area (Å²) in [5.74, 6) is -0.0301. The number of aliphatic hydroxyl groups excluding tert-OH is 2. The van der Waals surface area contributed by atoms with E-state index in [4.69, 9.17) is 4.74 Å². The molecule has 0 radical (unpaired) electrons. The molecule has 0 aromatic carbocycles. The van der Waals surface area contributed by atoms with Crippen molar-refractivity contribution in [3.8, 4) is 0 Å². The molecule has 5 heteroatoms. The lowest BCUT2D eigenvalue weighted by Gasteiger charge is -2.17. The van der Waals surface area contributed by atoms with Crippen molar-refractivity contribution in [1.29, 1.82) is 0 Å². The summed E-state index contributed by atoms with van der Waals surface area (Å²) >= 11 is 0. The fourth-order valence-electron chi connectivity index (χ4n) is 2.10. The van der Waals surface area contributed by atoms with Crippen LogP contribution in [0.15, 0.2) is 0 Å². The number of amides is 1. The van der Waals surface area contributed by atoms with Crippen LogP contribution in [-0.4, -0.2) is 59.0 Å². The molecule has 2 aliphatic rings. The van der Waals surface area contributed by atoms with E-state index in [0.717, 1.165) is 19.4 Å². The lowest BCUT2D eigenvalue weighted by molar-refractivity contribution is -0.133. The first-order valence-corrected chi connectivity index (χ1v) is 5.42. The van der Waals surface area contributed by atoms with E-state index >= 15 is 0 Å². The molecule has 3 atom stereocenters. The molecule has 1 unspecified atom stereocenters. The van der Waals surface area contributed by atoms with Crippen molar-refractivity contribution in [2.24, 2.45) is 0 Å². The molecule has 2 saturated heterocycles. The third kappa shape index (κ3) is 2.48. The van der Waals surface area contributed by atoms with E-state index < -0.39 is 12.2 Å². The summed E-state index contributed by atoms with van der Waals surface area (Å²) in [6.45, 7) is 1.22. The largest absolute Gasteiger partial charge is 0.388 e. The predicted molar refractivity (Wildman–Crippen MR) is 52.2 cm³/mol. The fourth-order valence-corrected chi connectivity index (χ4v) is 2.10. The molecule has 2 rings (SSSR count). The zero-order valence-electron chi connectivity index (χ0n) is 8.63. The van der Waals surface area contributed by atoms with Crippen molar-refractivity contribution in [1.82, 2.24) is 4.90 Å². The highest BCUT2D eigenvalue weighted by atomic mass is 16.5. The second-order valence-corrected chi connectivity index (χ2v) is 4.27. The van der Waals surface area contributed by atoms with Gasteiger partial charge in [-0.25, -0.2) is 0 Å². The van der Waals surface area contributed by atoms with Crippen molar-refractivity contribution in [3.63, 3.8) is 0 Å². The van der Waals surface area contributed by atoms with E-state index in [-0.39, 0.29) is 25.1 Å². The van der Waals surface area contributed by atoms with E-state index in [2.05, 4.69) is 0 Å². The highest BCUT2D eigenvalue weighted by Gasteiger charge is 2.33. The summed E-state index contributed by atoms with van der Waals surface area (Å²) in [5, 5.41) is 18.6. The molecule has 2 fully saturated rings. The van der Waals surface area contributed by atoms with Gasteiger partial charge in [-0.3, -0.25) is 4.79 Å². The maximum absolute atomic E-state index is 11.7. The Hall–Kier alpha value is -0.650. The summed E-state index contributed by atoms with van der Waals surface area (Å²) in [6, 6.07) is 0. The van der Waals surface area contributed by atoms with Crippen LogP contribution in [-0.2, 0) is 9.53 Å². The van der Waals surface area contributed by atoms with Gasteiger partial charge in [-0.1, -0.05) is 0 Å². The van der Waals surface area contributed by atoms with Crippen molar-refractivity contribution in [2.45, 2.75) is 37.6 Å². The number of hydrogen-bond donors (Lipinski definition) is 2. The maximum Gasteiger partial charge on any atom is 0.225 e. The van der Waals surface area contributed by atoms with Gasteiger partial charge in [0, 0.05) is 19.7 Å². The van der Waals surface area contributed by atoms with Gasteiger partial charge in [0.1, 0.15) is 0 Å². The van der Waals surface area contributed by atoms with Crippen LogP contribution < -0.4 is 0 Å². The molecule has 0 aromatic rings. The van der Waals surface area contributed by atoms with E-state index in [9.17, 15) is 15.0 Å². The zero-order chi connectivity index (χ0) is 10.8. The number of carbonyl (C=O) groups excluding carboxylic acids is 1. The summed E-state index contributed by atoms with van der Waals surface area (Å²) < 4.78 is 5.36. The molecule has 2 N–H and O–H groups in total. The summed E-state index contributed by atoms with van der Waals surface area (Å²) in [7, 11) is 0. The Labute approximate surface area is 88.6 Å². The molecule has 0 bridgehead atoms. The Morgan fingerprint density at radius 1 is 1.33 bits per heavy atom. The lowest BCUT2D eigenvalue weighted by atomic mass is 10.1. The molecule has 0 aliphatic carbocycles. The number of nitrogens with zero attached hydrogens (tertiary/aromatic N) is 1. The van der Waals surface area contributed by atoms with Gasteiger partial charge in [0.2, 0.25) is 5.91 Å². The first-order chi connectivity index (χ1) is 7.16. The monoisotopic (exact) mass is 215 g/mol. The number of carbonyl (C=O) groups is 1. The molecule has 15 heavy (non-hydrogen) atoms. The number of hydrogen-bond acceptors (Lipinski definition) is 4. The molecular weight excluding hydrogens is 198 g/mol. The highest BCUT2D eigenvalue weighted by molar-refractivity contribution is 5.77. The Bertz CT molecular complexity index is 230. The third-order valence-electron chi connectivity index (χ3n) is 3.04. The SMILES string of the molecule is O=C(CC1CCCO1)N1C[C@@H](O)[C@@H](O)C1. The maximum atomic E-state index is 11.7. The van der Waals surface area contributed by atoms with Crippen molar-refractivity contribution >= 4 is 5.91 Å². The quantitative estimate of drug-likeness (QED) is 0.627. The average molecular weight is 215 g/mol. The topological polar surface area (TPSA) is 70.0 Å². The van der Waals surface area contributed by atoms with Gasteiger partial charge in [0.15, 0.2) is 0 Å². The van der Waals surface area contributed by atoms with E-state index in [1.54, 1.807) is 0 Å². The van der Waals surface area contributed by atoms with Gasteiger partial charge >= 0.3 is 0 Å². The molecule has 2 heterocycles. The van der Waals surface area contributed by atoms with Crippen molar-refractivity contribution < 1.29 is 19.7 Å². The van der Waals surface area contributed by atoms with E-state index in [1.807, 2.05) is 0 Å². The number of rotatable bonds is 2. The van der Waals surface area contributed by atoms with Crippen LogP contribution in [0.5, 0.6) is 0 Å². The standard InChI is InChI=1S/C10H17NO4/c12-8-5-11(6-9(8)13)10(14)4-7-2-1-3-15-7/h7-9,12-13H,1-6H2/t7?,8-,9+. The number of β-amino-alcohol motifs (C(OH)–C–C–N with tert-alkyl or cyclic N) is 2. The molecule has 0 saturated carbocycles. The number of ether oxygens (including phenoxy) is 1. The molecule has 1 amide bonds. The van der Waals surface area contributed by atoms with Gasteiger partial charge in [-0.15, -0.1) is 0 Å². The van der Waals surface area contributed by atoms with Crippen LogP contribution >= 0.6 is 0 Å². The van der Waals surface area contributed by atoms with Crippen molar-refractivity contribution in [3.05, 3.63) is 0 Å². The lowest BCUT2D eigenvalue weighted by Crippen LogP contribution is -2.32. The van der Waals surface area contributed by atoms with Gasteiger partial charge in [0.05, 0.1) is 24.7 Å². The smallest absolute Gasteiger partial charge is 0.225 e. The van der Waals surface area contributed by atoms with Gasteiger partial charge < -0.3 is 19.8 Å². The molecule has 2 aliphatic heterocycles. The zero-order valence-corrected chi connectivity index (χ0v) is 8.63. The normalized spacial score (nSPS) is 36.1. The van der Waals surface area contributed by atoms with Gasteiger partial charge in [-0.2, -0.15) is 0 Å². The first-order valence-electron chi connectivity index (χ1n) is 5.42. The van der Waals surface area contributed by atoms with Crippen LogP contribution in [0.3, 0.4) is 0 Å². The molecular formula is C10H17NO4. The minimum Gasteiger partial charge on any atom is -0.388 e. The number of likely N-dealkylation sites (tertiary alicyclic amines) is 1. The van der Waals surface area contributed by atoms with Crippen LogP contribution in [0.2, 0.25) is 0 Å². The second-order valence-electron chi connectivity index (χ2n) is 4.27. The van der Waals surface area contributed by atoms with E-state index in [0.29, 0.717) is 6.42 Å². The van der Waals surface area contributed by atoms with Crippen LogP contribution in [0.1, 0.15) is 19.3 Å². The molecule has 0 spiro atoms. The predicted octanol–water partition coefficient (Wildman–Crippen LogP) is -0.881. The Morgan fingerprint density at radius 2 is 2.00 bits per heavy atom. The Balaban J connectivity index is 1.81. The van der Waals surface area contributed by atoms with E-state index in [1.165, 1.54) is 4.90 Å². The minimum atomic E-state index is -0.793. The third-order valence-corrected chi connectivity index (χ3v) is 3.04. The second kappa shape index (κ2) is 4.47. The Kier molecular flexibility index (Phi) is 3.23. The van der Waals surface area contributed by atoms with Gasteiger partial charge in [0.25, 0.3) is 0 Å². The number of aliphatic hydroxyl groups is 2. The fraction of sp³-hybridized carbons (Fsp3) is 0.900. The van der Waals surface area contributed by atoms with Crippen LogP contribution in [0, 0.1) is 0 Å².